The molecule has 6 aromatic rings. The van der Waals surface area contributed by atoms with Crippen LogP contribution in [0.25, 0.3) is 21.8 Å². The fraction of sp³-hybridized carbons (Fsp3) is 0.108. The van der Waals surface area contributed by atoms with Crippen LogP contribution in [0.1, 0.15) is 43.0 Å². The number of aromatic nitrogens is 1. The van der Waals surface area contributed by atoms with Gasteiger partial charge < -0.3 is 19.9 Å². The second-order valence-corrected chi connectivity index (χ2v) is 10.6. The predicted octanol–water partition coefficient (Wildman–Crippen LogP) is 7.74. The van der Waals surface area contributed by atoms with Crippen LogP contribution < -0.4 is 15.2 Å². The molecular weight excluding hydrogens is 552 g/mol. The van der Waals surface area contributed by atoms with Crippen LogP contribution in [0.3, 0.4) is 0 Å². The number of pyridine rings is 1. The summed E-state index contributed by atoms with van der Waals surface area (Å²) in [4.78, 5) is 31.5. The number of nitrogen functional groups attached to an aromatic ring is 1. The van der Waals surface area contributed by atoms with Crippen molar-refractivity contribution in [2.45, 2.75) is 27.1 Å². The number of benzene rings is 5. The number of carbonyl (C=O) groups is 2. The van der Waals surface area contributed by atoms with Crippen molar-refractivity contribution in [2.24, 2.45) is 0 Å². The Morgan fingerprint density at radius 3 is 2.16 bits per heavy atom. The summed E-state index contributed by atoms with van der Waals surface area (Å²) in [6, 6.07) is 33.3. The number of fused-ring (bicyclic) bond motifs is 2. The minimum absolute atomic E-state index is 0.171. The molecule has 5 aromatic carbocycles. The molecule has 0 atom stereocenters. The molecule has 2 N–H and O–H groups in total. The van der Waals surface area contributed by atoms with Crippen LogP contribution in [0.2, 0.25) is 0 Å². The van der Waals surface area contributed by atoms with Gasteiger partial charge in [0.05, 0.1) is 22.2 Å². The molecule has 0 radical (unpaired) electrons. The molecule has 0 saturated heterocycles. The highest BCUT2D eigenvalue weighted by atomic mass is 16.5. The normalized spacial score (nSPS) is 11.0. The first-order valence-corrected chi connectivity index (χ1v) is 14.2. The van der Waals surface area contributed by atoms with Crippen LogP contribution in [-0.2, 0) is 18.0 Å². The van der Waals surface area contributed by atoms with Crippen molar-refractivity contribution in [2.75, 3.05) is 5.73 Å². The Morgan fingerprint density at radius 1 is 0.682 bits per heavy atom. The summed E-state index contributed by atoms with van der Waals surface area (Å²) in [6.45, 7) is 4.12. The quantitative estimate of drug-likeness (QED) is 0.0848. The number of nitrogens with zero attached hydrogens (tertiary/aromatic N) is 1. The van der Waals surface area contributed by atoms with E-state index in [0.717, 1.165) is 11.1 Å². The molecule has 0 unspecified atom stereocenters. The summed E-state index contributed by atoms with van der Waals surface area (Å²) in [5.41, 5.74) is 11.8. The van der Waals surface area contributed by atoms with E-state index in [1.807, 2.05) is 97.1 Å². The molecular formula is C37H30N2O5. The van der Waals surface area contributed by atoms with Crippen molar-refractivity contribution >= 4 is 39.4 Å². The molecule has 6 rings (SSSR count). The molecule has 0 aliphatic heterocycles. The fourth-order valence-corrected chi connectivity index (χ4v) is 5.21. The van der Waals surface area contributed by atoms with E-state index < -0.39 is 11.9 Å². The number of carbonyl (C=O) groups excluding carboxylic acids is 2. The Morgan fingerprint density at radius 2 is 1.39 bits per heavy atom. The van der Waals surface area contributed by atoms with E-state index in [-0.39, 0.29) is 6.61 Å². The molecule has 0 aliphatic rings. The van der Waals surface area contributed by atoms with Gasteiger partial charge in [0.25, 0.3) is 0 Å². The molecule has 0 saturated carbocycles. The van der Waals surface area contributed by atoms with E-state index in [4.69, 9.17) is 24.9 Å². The van der Waals surface area contributed by atoms with Crippen LogP contribution in [-0.4, -0.2) is 16.9 Å². The molecule has 0 fully saturated rings. The molecule has 0 aliphatic carbocycles. The van der Waals surface area contributed by atoms with Crippen molar-refractivity contribution < 1.29 is 23.8 Å². The Hall–Kier alpha value is -5.69. The SMILES string of the molecule is Cc1cc(C(=O)OCc2ccccc2)cc(C)c1OC(=O)c1c2ccccc2nc2cc(OCc3cccc(N)c3)ccc12. The number of nitrogens with two attached hydrogens (primary N) is 1. The van der Waals surface area contributed by atoms with Crippen molar-refractivity contribution in [3.8, 4) is 11.5 Å². The lowest BCUT2D eigenvalue weighted by molar-refractivity contribution is 0.0472. The number of aryl methyl sites for hydroxylation is 2. The zero-order valence-corrected chi connectivity index (χ0v) is 24.4. The van der Waals surface area contributed by atoms with Crippen molar-refractivity contribution in [1.82, 2.24) is 4.98 Å². The third-order valence-corrected chi connectivity index (χ3v) is 7.32. The van der Waals surface area contributed by atoms with E-state index in [0.29, 0.717) is 67.9 Å². The molecule has 0 amide bonds. The third kappa shape index (κ3) is 6.08. The van der Waals surface area contributed by atoms with Gasteiger partial charge in [0.1, 0.15) is 24.7 Å². The van der Waals surface area contributed by atoms with Crippen LogP contribution in [0, 0.1) is 13.8 Å². The summed E-state index contributed by atoms with van der Waals surface area (Å²) in [5.74, 6) is 0.0413. The summed E-state index contributed by atoms with van der Waals surface area (Å²) >= 11 is 0. The minimum Gasteiger partial charge on any atom is -0.489 e. The molecule has 1 heterocycles. The largest absolute Gasteiger partial charge is 0.489 e. The molecule has 0 bridgehead atoms. The zero-order chi connectivity index (χ0) is 30.6. The number of anilines is 1. The smallest absolute Gasteiger partial charge is 0.344 e. The zero-order valence-electron chi connectivity index (χ0n) is 24.4. The van der Waals surface area contributed by atoms with Crippen molar-refractivity contribution in [1.29, 1.82) is 0 Å². The molecule has 0 spiro atoms. The van der Waals surface area contributed by atoms with E-state index in [2.05, 4.69) is 0 Å². The number of hydrogen-bond donors (Lipinski definition) is 1. The maximum Gasteiger partial charge on any atom is 0.344 e. The van der Waals surface area contributed by atoms with Gasteiger partial charge in [-0.15, -0.1) is 0 Å². The van der Waals surface area contributed by atoms with E-state index in [9.17, 15) is 9.59 Å². The van der Waals surface area contributed by atoms with Gasteiger partial charge in [-0.1, -0.05) is 60.7 Å². The summed E-state index contributed by atoms with van der Waals surface area (Å²) < 4.78 is 17.5. The summed E-state index contributed by atoms with van der Waals surface area (Å²) in [5, 5.41) is 1.32. The number of hydrogen-bond acceptors (Lipinski definition) is 7. The summed E-state index contributed by atoms with van der Waals surface area (Å²) in [6.07, 6.45) is 0. The average Bonchev–Trinajstić information content (AvgIpc) is 3.03. The highest BCUT2D eigenvalue weighted by molar-refractivity contribution is 6.15. The van der Waals surface area contributed by atoms with Gasteiger partial charge in [-0.2, -0.15) is 0 Å². The van der Waals surface area contributed by atoms with Gasteiger partial charge in [-0.25, -0.2) is 14.6 Å². The van der Waals surface area contributed by atoms with Crippen molar-refractivity contribution in [3.05, 3.63) is 143 Å². The fourth-order valence-electron chi connectivity index (χ4n) is 5.21. The molecule has 1 aromatic heterocycles. The first-order chi connectivity index (χ1) is 21.4. The lowest BCUT2D eigenvalue weighted by atomic mass is 10.0. The first-order valence-electron chi connectivity index (χ1n) is 14.2. The Bertz CT molecular complexity index is 2000. The monoisotopic (exact) mass is 582 g/mol. The van der Waals surface area contributed by atoms with Crippen LogP contribution in [0.4, 0.5) is 5.69 Å². The summed E-state index contributed by atoms with van der Waals surface area (Å²) in [7, 11) is 0. The van der Waals surface area contributed by atoms with Crippen LogP contribution in [0.15, 0.2) is 109 Å². The van der Waals surface area contributed by atoms with Gasteiger partial charge in [0.15, 0.2) is 0 Å². The third-order valence-electron chi connectivity index (χ3n) is 7.32. The van der Waals surface area contributed by atoms with E-state index in [1.165, 1.54) is 0 Å². The Kier molecular flexibility index (Phi) is 7.93. The number of ether oxygens (including phenoxy) is 3. The topological polar surface area (TPSA) is 101 Å². The maximum absolute atomic E-state index is 13.9. The van der Waals surface area contributed by atoms with Gasteiger partial charge in [0.2, 0.25) is 0 Å². The highest BCUT2D eigenvalue weighted by Gasteiger charge is 2.21. The molecule has 44 heavy (non-hydrogen) atoms. The number of esters is 2. The second kappa shape index (κ2) is 12.3. The maximum atomic E-state index is 13.9. The van der Waals surface area contributed by atoms with Gasteiger partial charge in [-0.3, -0.25) is 0 Å². The standard InChI is InChI=1S/C37H30N2O5/c1-23-17-27(36(40)43-21-25-9-4-3-5-10-25)18-24(2)35(23)44-37(41)34-30-13-6-7-14-32(30)39-33-20-29(15-16-31(33)34)42-22-26-11-8-12-28(38)19-26/h3-20H,21-22,38H2,1-2H3. The molecule has 218 valence electrons. The first kappa shape index (κ1) is 28.4. The van der Waals surface area contributed by atoms with Crippen molar-refractivity contribution in [3.63, 3.8) is 0 Å². The Balaban J connectivity index is 1.27. The highest BCUT2D eigenvalue weighted by Crippen LogP contribution is 2.32. The van der Waals surface area contributed by atoms with Gasteiger partial charge in [-0.05, 0) is 78.6 Å². The predicted molar refractivity (Wildman–Crippen MR) is 171 cm³/mol. The van der Waals surface area contributed by atoms with E-state index in [1.54, 1.807) is 26.0 Å². The number of rotatable bonds is 8. The minimum atomic E-state index is -0.521. The second-order valence-electron chi connectivity index (χ2n) is 10.6. The number of para-hydroxylation sites is 1. The lowest BCUT2D eigenvalue weighted by Crippen LogP contribution is -2.13. The lowest BCUT2D eigenvalue weighted by Gasteiger charge is -2.15. The van der Waals surface area contributed by atoms with Crippen LogP contribution in [0.5, 0.6) is 11.5 Å². The van der Waals surface area contributed by atoms with Crippen LogP contribution >= 0.6 is 0 Å². The molecule has 7 nitrogen and oxygen atoms in total. The molecule has 7 heteroatoms. The van der Waals surface area contributed by atoms with Gasteiger partial charge >= 0.3 is 11.9 Å². The average molecular weight is 583 g/mol. The van der Waals surface area contributed by atoms with E-state index >= 15 is 0 Å². The van der Waals surface area contributed by atoms with Gasteiger partial charge in [0, 0.05) is 22.5 Å². The Labute approximate surface area is 254 Å².